The molecule has 0 radical (unpaired) electrons. The van der Waals surface area contributed by atoms with Crippen LogP contribution in [0.15, 0.2) is 6.20 Å². The maximum atomic E-state index is 12.3. The summed E-state index contributed by atoms with van der Waals surface area (Å²) in [5, 5.41) is 10.5. The summed E-state index contributed by atoms with van der Waals surface area (Å²) >= 11 is 5.41. The lowest BCUT2D eigenvalue weighted by atomic mass is 10.2. The Morgan fingerprint density at radius 3 is 2.67 bits per heavy atom. The highest BCUT2D eigenvalue weighted by Gasteiger charge is 2.28. The zero-order valence-corrected chi connectivity index (χ0v) is 8.04. The fraction of sp³-hybridized carbons (Fsp3) is 0.286. The quantitative estimate of drug-likeness (QED) is 0.497. The number of nitro groups is 1. The van der Waals surface area contributed by atoms with Crippen LogP contribution in [0, 0.1) is 10.1 Å². The topological polar surface area (TPSA) is 82.0 Å². The summed E-state index contributed by atoms with van der Waals surface area (Å²) in [5.41, 5.74) is 3.32. The average molecular weight is 238 g/mol. The van der Waals surface area contributed by atoms with Gasteiger partial charge in [-0.15, -0.1) is 11.6 Å². The smallest absolute Gasteiger partial charge is 0.319 e. The van der Waals surface area contributed by atoms with Gasteiger partial charge in [-0.3, -0.25) is 10.1 Å². The zero-order valence-electron chi connectivity index (χ0n) is 7.28. The standard InChI is InChI=1S/C7H6ClF2N3O2/c8-1-3-2-12-5(7(9)10)6(4(3)11)13(14)15/h2,7H,1H2,(H2,11,12). The second-order valence-electron chi connectivity index (χ2n) is 2.62. The summed E-state index contributed by atoms with van der Waals surface area (Å²) in [6, 6.07) is 0. The van der Waals surface area contributed by atoms with E-state index in [1.54, 1.807) is 0 Å². The molecule has 0 bridgehead atoms. The molecule has 0 unspecified atom stereocenters. The molecule has 0 aliphatic heterocycles. The van der Waals surface area contributed by atoms with Crippen molar-refractivity contribution in [3.05, 3.63) is 27.6 Å². The van der Waals surface area contributed by atoms with Gasteiger partial charge in [0.25, 0.3) is 6.43 Å². The highest BCUT2D eigenvalue weighted by atomic mass is 35.5. The Balaban J connectivity index is 3.44. The molecule has 15 heavy (non-hydrogen) atoms. The number of alkyl halides is 3. The molecule has 2 N–H and O–H groups in total. The minimum Gasteiger partial charge on any atom is -0.393 e. The van der Waals surface area contributed by atoms with Gasteiger partial charge in [0.15, 0.2) is 5.69 Å². The van der Waals surface area contributed by atoms with Crippen molar-refractivity contribution in [3.8, 4) is 0 Å². The molecule has 1 aromatic rings. The third-order valence-corrected chi connectivity index (χ3v) is 2.02. The number of pyridine rings is 1. The summed E-state index contributed by atoms with van der Waals surface area (Å²) < 4.78 is 24.7. The Bertz CT molecular complexity index is 400. The molecule has 0 atom stereocenters. The van der Waals surface area contributed by atoms with Crippen molar-refractivity contribution in [3.63, 3.8) is 0 Å². The van der Waals surface area contributed by atoms with Crippen molar-refractivity contribution in [2.75, 3.05) is 5.73 Å². The van der Waals surface area contributed by atoms with Gasteiger partial charge < -0.3 is 5.73 Å². The van der Waals surface area contributed by atoms with E-state index < -0.39 is 22.7 Å². The summed E-state index contributed by atoms with van der Waals surface area (Å²) in [6.45, 7) is 0. The van der Waals surface area contributed by atoms with Crippen molar-refractivity contribution in [2.45, 2.75) is 12.3 Å². The lowest BCUT2D eigenvalue weighted by molar-refractivity contribution is -0.385. The average Bonchev–Trinajstić information content (AvgIpc) is 2.16. The van der Waals surface area contributed by atoms with E-state index in [1.165, 1.54) is 0 Å². The van der Waals surface area contributed by atoms with E-state index in [1.807, 2.05) is 0 Å². The number of hydrogen-bond acceptors (Lipinski definition) is 4. The molecule has 5 nitrogen and oxygen atoms in total. The number of hydrogen-bond donors (Lipinski definition) is 1. The normalized spacial score (nSPS) is 10.7. The van der Waals surface area contributed by atoms with Crippen molar-refractivity contribution in [2.24, 2.45) is 0 Å². The lowest BCUT2D eigenvalue weighted by Gasteiger charge is -2.06. The highest BCUT2D eigenvalue weighted by molar-refractivity contribution is 6.17. The number of halogens is 3. The summed E-state index contributed by atoms with van der Waals surface area (Å²) in [4.78, 5) is 12.8. The minimum atomic E-state index is -3.04. The van der Waals surface area contributed by atoms with Crippen molar-refractivity contribution in [1.82, 2.24) is 4.98 Å². The Hall–Kier alpha value is -1.50. The Labute approximate surface area is 88.0 Å². The fourth-order valence-electron chi connectivity index (χ4n) is 1.03. The first-order valence-corrected chi connectivity index (χ1v) is 4.28. The number of anilines is 1. The summed E-state index contributed by atoms with van der Waals surface area (Å²) in [7, 11) is 0. The molecule has 0 saturated heterocycles. The van der Waals surface area contributed by atoms with Crippen LogP contribution in [0.2, 0.25) is 0 Å². The molecule has 0 aliphatic rings. The molecule has 1 aromatic heterocycles. The van der Waals surface area contributed by atoms with E-state index in [-0.39, 0.29) is 17.1 Å². The van der Waals surface area contributed by atoms with Crippen molar-refractivity contribution >= 4 is 23.0 Å². The zero-order chi connectivity index (χ0) is 11.6. The Morgan fingerprint density at radius 2 is 2.27 bits per heavy atom. The number of nitrogens with two attached hydrogens (primary N) is 1. The number of aromatic nitrogens is 1. The molecule has 1 rings (SSSR count). The van der Waals surface area contributed by atoms with Gasteiger partial charge in [0.05, 0.1) is 10.8 Å². The Morgan fingerprint density at radius 1 is 1.67 bits per heavy atom. The molecule has 0 aliphatic carbocycles. The first-order valence-electron chi connectivity index (χ1n) is 3.74. The van der Waals surface area contributed by atoms with Gasteiger partial charge in [0.2, 0.25) is 0 Å². The van der Waals surface area contributed by atoms with E-state index in [2.05, 4.69) is 4.98 Å². The van der Waals surface area contributed by atoms with Gasteiger partial charge in [-0.25, -0.2) is 13.8 Å². The fourth-order valence-corrected chi connectivity index (χ4v) is 1.24. The molecule has 1 heterocycles. The molecule has 8 heteroatoms. The summed E-state index contributed by atoms with van der Waals surface area (Å²) in [6.07, 6.45) is -2.03. The van der Waals surface area contributed by atoms with E-state index >= 15 is 0 Å². The molecule has 0 amide bonds. The minimum absolute atomic E-state index is 0.122. The van der Waals surface area contributed by atoms with Crippen LogP contribution in [-0.2, 0) is 5.88 Å². The monoisotopic (exact) mass is 237 g/mol. The third-order valence-electron chi connectivity index (χ3n) is 1.74. The van der Waals surface area contributed by atoms with Crippen LogP contribution in [0.5, 0.6) is 0 Å². The predicted octanol–water partition coefficient (Wildman–Crippen LogP) is 2.25. The van der Waals surface area contributed by atoms with E-state index in [0.717, 1.165) is 6.20 Å². The second kappa shape index (κ2) is 4.35. The molecular formula is C7H6ClF2N3O2. The van der Waals surface area contributed by atoms with Gasteiger partial charge in [0.1, 0.15) is 5.69 Å². The van der Waals surface area contributed by atoms with Crippen LogP contribution >= 0.6 is 11.6 Å². The maximum absolute atomic E-state index is 12.3. The van der Waals surface area contributed by atoms with E-state index in [0.29, 0.717) is 0 Å². The molecule has 82 valence electrons. The number of nitrogens with zero attached hydrogens (tertiary/aromatic N) is 2. The summed E-state index contributed by atoms with van der Waals surface area (Å²) in [5.74, 6) is -0.122. The van der Waals surface area contributed by atoms with Gasteiger partial charge in [-0.2, -0.15) is 0 Å². The second-order valence-corrected chi connectivity index (χ2v) is 2.89. The van der Waals surface area contributed by atoms with Gasteiger partial charge in [0, 0.05) is 11.8 Å². The van der Waals surface area contributed by atoms with Crippen molar-refractivity contribution in [1.29, 1.82) is 0 Å². The SMILES string of the molecule is Nc1c(CCl)cnc(C(F)F)c1[N+](=O)[O-]. The van der Waals surface area contributed by atoms with Crippen LogP contribution in [0.1, 0.15) is 17.7 Å². The van der Waals surface area contributed by atoms with Crippen LogP contribution in [0.25, 0.3) is 0 Å². The molecule has 0 spiro atoms. The third kappa shape index (κ3) is 2.12. The van der Waals surface area contributed by atoms with E-state index in [4.69, 9.17) is 17.3 Å². The predicted molar refractivity (Wildman–Crippen MR) is 49.8 cm³/mol. The first-order chi connectivity index (χ1) is 6.99. The van der Waals surface area contributed by atoms with Crippen molar-refractivity contribution < 1.29 is 13.7 Å². The van der Waals surface area contributed by atoms with Gasteiger partial charge in [-0.05, 0) is 0 Å². The number of nitrogen functional groups attached to an aromatic ring is 1. The van der Waals surface area contributed by atoms with Crippen LogP contribution in [0.3, 0.4) is 0 Å². The lowest BCUT2D eigenvalue weighted by Crippen LogP contribution is -2.06. The molecule has 0 fully saturated rings. The molecule has 0 aromatic carbocycles. The van der Waals surface area contributed by atoms with Gasteiger partial charge >= 0.3 is 5.69 Å². The highest BCUT2D eigenvalue weighted by Crippen LogP contribution is 2.34. The first kappa shape index (κ1) is 11.6. The number of rotatable bonds is 3. The van der Waals surface area contributed by atoms with E-state index in [9.17, 15) is 18.9 Å². The van der Waals surface area contributed by atoms with Crippen LogP contribution < -0.4 is 5.73 Å². The Kier molecular flexibility index (Phi) is 3.35. The van der Waals surface area contributed by atoms with Crippen LogP contribution in [-0.4, -0.2) is 9.91 Å². The molecular weight excluding hydrogens is 232 g/mol. The largest absolute Gasteiger partial charge is 0.393 e. The maximum Gasteiger partial charge on any atom is 0.319 e. The van der Waals surface area contributed by atoms with Crippen LogP contribution in [0.4, 0.5) is 20.2 Å². The van der Waals surface area contributed by atoms with Gasteiger partial charge in [-0.1, -0.05) is 0 Å². The molecule has 0 saturated carbocycles.